The second kappa shape index (κ2) is 5.58. The van der Waals surface area contributed by atoms with E-state index in [0.717, 1.165) is 29.0 Å². The van der Waals surface area contributed by atoms with E-state index in [1.54, 1.807) is 0 Å². The van der Waals surface area contributed by atoms with Gasteiger partial charge >= 0.3 is 0 Å². The number of carbonyl (C=O) groups excluding carboxylic acids is 1. The summed E-state index contributed by atoms with van der Waals surface area (Å²) >= 11 is 0. The first-order valence-corrected chi connectivity index (χ1v) is 7.21. The Balaban J connectivity index is 1.95. The smallest absolute Gasteiger partial charge is 0.244 e. The van der Waals surface area contributed by atoms with Gasteiger partial charge in [0.25, 0.3) is 0 Å². The van der Waals surface area contributed by atoms with Crippen LogP contribution in [0.15, 0.2) is 48.5 Å². The Kier molecular flexibility index (Phi) is 3.62. The van der Waals surface area contributed by atoms with E-state index in [-0.39, 0.29) is 11.9 Å². The second-order valence-corrected chi connectivity index (χ2v) is 5.26. The van der Waals surface area contributed by atoms with Crippen molar-refractivity contribution < 1.29 is 4.79 Å². The van der Waals surface area contributed by atoms with Gasteiger partial charge in [-0.2, -0.15) is 0 Å². The maximum absolute atomic E-state index is 11.9. The van der Waals surface area contributed by atoms with Crippen LogP contribution in [0, 0.1) is 0 Å². The highest BCUT2D eigenvalue weighted by molar-refractivity contribution is 6.03. The zero-order chi connectivity index (χ0) is 14.8. The van der Waals surface area contributed by atoms with Crippen molar-refractivity contribution >= 4 is 23.0 Å². The topological polar surface area (TPSA) is 58.4 Å². The maximum atomic E-state index is 11.9. The highest BCUT2D eigenvalue weighted by Gasteiger charge is 2.22. The van der Waals surface area contributed by atoms with Crippen molar-refractivity contribution in [2.75, 3.05) is 16.8 Å². The van der Waals surface area contributed by atoms with E-state index in [9.17, 15) is 4.79 Å². The van der Waals surface area contributed by atoms with Gasteiger partial charge < -0.3 is 16.0 Å². The molecule has 21 heavy (non-hydrogen) atoms. The van der Waals surface area contributed by atoms with Crippen molar-refractivity contribution in [3.8, 4) is 0 Å². The summed E-state index contributed by atoms with van der Waals surface area (Å²) < 4.78 is 0. The van der Waals surface area contributed by atoms with Crippen LogP contribution in [-0.2, 0) is 4.79 Å². The number of carbonyl (C=O) groups is 1. The van der Waals surface area contributed by atoms with Crippen LogP contribution in [-0.4, -0.2) is 12.5 Å². The molecule has 1 aliphatic heterocycles. The molecular formula is C17H19N3O. The molecule has 0 unspecified atom stereocenters. The quantitative estimate of drug-likeness (QED) is 0.908. The molecule has 2 aromatic rings. The minimum atomic E-state index is 0.00281. The van der Waals surface area contributed by atoms with E-state index in [1.165, 1.54) is 0 Å². The maximum Gasteiger partial charge on any atom is 0.244 e. The molecular weight excluding hydrogens is 262 g/mol. The summed E-state index contributed by atoms with van der Waals surface area (Å²) in [5.41, 5.74) is 10.0. The number of para-hydroxylation sites is 2. The second-order valence-electron chi connectivity index (χ2n) is 5.26. The fourth-order valence-electron chi connectivity index (χ4n) is 2.60. The number of benzene rings is 2. The molecule has 0 aliphatic carbocycles. The van der Waals surface area contributed by atoms with Crippen LogP contribution in [0.4, 0.5) is 17.1 Å². The Hall–Kier alpha value is -2.33. The van der Waals surface area contributed by atoms with Gasteiger partial charge in [-0.3, -0.25) is 4.79 Å². The Morgan fingerprint density at radius 3 is 2.62 bits per heavy atom. The van der Waals surface area contributed by atoms with E-state index < -0.39 is 0 Å². The zero-order valence-corrected chi connectivity index (χ0v) is 12.0. The van der Waals surface area contributed by atoms with Crippen molar-refractivity contribution in [3.05, 3.63) is 54.1 Å². The summed E-state index contributed by atoms with van der Waals surface area (Å²) in [6.45, 7) is 2.40. The van der Waals surface area contributed by atoms with Crippen LogP contribution in [0.1, 0.15) is 24.9 Å². The molecule has 0 aromatic heterocycles. The van der Waals surface area contributed by atoms with Gasteiger partial charge in [-0.1, -0.05) is 31.2 Å². The number of rotatable bonds is 3. The van der Waals surface area contributed by atoms with Gasteiger partial charge in [0.05, 0.1) is 11.4 Å². The van der Waals surface area contributed by atoms with Gasteiger partial charge in [-0.25, -0.2) is 0 Å². The molecule has 3 rings (SSSR count). The summed E-state index contributed by atoms with van der Waals surface area (Å²) in [5, 5.41) is 2.90. The number of amides is 1. The van der Waals surface area contributed by atoms with Crippen LogP contribution in [0.3, 0.4) is 0 Å². The number of nitrogens with two attached hydrogens (primary N) is 1. The third kappa shape index (κ3) is 2.62. The van der Waals surface area contributed by atoms with E-state index >= 15 is 0 Å². The lowest BCUT2D eigenvalue weighted by atomic mass is 10.0. The standard InChI is InChI=1S/C17H19N3O/c1-2-14(18)12-7-9-13(10-8-12)20-11-17(21)19-15-5-3-4-6-16(15)20/h3-10,14H,2,11,18H2,1H3,(H,19,21)/t14-/m0/s1. The zero-order valence-electron chi connectivity index (χ0n) is 12.0. The molecule has 0 saturated heterocycles. The molecule has 4 heteroatoms. The SMILES string of the molecule is CC[C@H](N)c1ccc(N2CC(=O)Nc3ccccc32)cc1. The van der Waals surface area contributed by atoms with Gasteiger partial charge in [0.2, 0.25) is 5.91 Å². The first kappa shape index (κ1) is 13.6. The van der Waals surface area contributed by atoms with Crippen LogP contribution in [0.25, 0.3) is 0 Å². The highest BCUT2D eigenvalue weighted by atomic mass is 16.2. The summed E-state index contributed by atoms with van der Waals surface area (Å²) in [6, 6.07) is 16.0. The number of anilines is 3. The lowest BCUT2D eigenvalue weighted by Crippen LogP contribution is -2.34. The number of hydrogen-bond acceptors (Lipinski definition) is 3. The summed E-state index contributed by atoms with van der Waals surface area (Å²) in [4.78, 5) is 13.9. The van der Waals surface area contributed by atoms with E-state index in [1.807, 2.05) is 53.4 Å². The molecule has 0 bridgehead atoms. The Bertz CT molecular complexity index is 651. The van der Waals surface area contributed by atoms with Crippen molar-refractivity contribution in [1.29, 1.82) is 0 Å². The molecule has 1 atom stereocenters. The number of hydrogen-bond donors (Lipinski definition) is 2. The monoisotopic (exact) mass is 281 g/mol. The normalized spacial score (nSPS) is 15.3. The molecule has 1 aliphatic rings. The third-order valence-corrected chi connectivity index (χ3v) is 3.84. The molecule has 0 spiro atoms. The largest absolute Gasteiger partial charge is 0.330 e. The van der Waals surface area contributed by atoms with Gasteiger partial charge in [0, 0.05) is 11.7 Å². The van der Waals surface area contributed by atoms with Crippen molar-refractivity contribution in [2.24, 2.45) is 5.73 Å². The number of nitrogens with zero attached hydrogens (tertiary/aromatic N) is 1. The molecule has 3 N–H and O–H groups in total. The van der Waals surface area contributed by atoms with E-state index in [0.29, 0.717) is 6.54 Å². The van der Waals surface area contributed by atoms with Gasteiger partial charge in [0.1, 0.15) is 6.54 Å². The minimum Gasteiger partial charge on any atom is -0.330 e. The van der Waals surface area contributed by atoms with Crippen molar-refractivity contribution in [3.63, 3.8) is 0 Å². The van der Waals surface area contributed by atoms with Crippen molar-refractivity contribution in [1.82, 2.24) is 0 Å². The lowest BCUT2D eigenvalue weighted by Gasteiger charge is -2.31. The summed E-state index contributed by atoms with van der Waals surface area (Å²) in [5.74, 6) is 0.00281. The van der Waals surface area contributed by atoms with Crippen molar-refractivity contribution in [2.45, 2.75) is 19.4 Å². The molecule has 2 aromatic carbocycles. The van der Waals surface area contributed by atoms with Crippen LogP contribution >= 0.6 is 0 Å². The average molecular weight is 281 g/mol. The molecule has 0 fully saturated rings. The molecule has 0 radical (unpaired) electrons. The first-order chi connectivity index (χ1) is 10.2. The fourth-order valence-corrected chi connectivity index (χ4v) is 2.60. The molecule has 4 nitrogen and oxygen atoms in total. The molecule has 108 valence electrons. The highest BCUT2D eigenvalue weighted by Crippen LogP contribution is 2.35. The van der Waals surface area contributed by atoms with E-state index in [4.69, 9.17) is 5.73 Å². The molecule has 1 heterocycles. The Labute approximate surface area is 124 Å². The average Bonchev–Trinajstić information content (AvgIpc) is 2.53. The first-order valence-electron chi connectivity index (χ1n) is 7.21. The van der Waals surface area contributed by atoms with Gasteiger partial charge in [-0.15, -0.1) is 0 Å². The summed E-state index contributed by atoms with van der Waals surface area (Å²) in [6.07, 6.45) is 0.911. The van der Waals surface area contributed by atoms with Crippen LogP contribution in [0.5, 0.6) is 0 Å². The number of fused-ring (bicyclic) bond motifs is 1. The predicted molar refractivity (Wildman–Crippen MR) is 85.7 cm³/mol. The minimum absolute atomic E-state index is 0.00281. The van der Waals surface area contributed by atoms with E-state index in [2.05, 4.69) is 12.2 Å². The lowest BCUT2D eigenvalue weighted by molar-refractivity contribution is -0.115. The Morgan fingerprint density at radius 2 is 1.90 bits per heavy atom. The van der Waals surface area contributed by atoms with Crippen LogP contribution < -0.4 is 16.0 Å². The Morgan fingerprint density at radius 1 is 1.19 bits per heavy atom. The predicted octanol–water partition coefficient (Wildman–Crippen LogP) is 3.19. The number of nitrogens with one attached hydrogen (secondary N) is 1. The van der Waals surface area contributed by atoms with Gasteiger partial charge in [0.15, 0.2) is 0 Å². The molecule has 0 saturated carbocycles. The summed E-state index contributed by atoms with van der Waals surface area (Å²) in [7, 11) is 0. The third-order valence-electron chi connectivity index (χ3n) is 3.84. The molecule has 1 amide bonds. The fraction of sp³-hybridized carbons (Fsp3) is 0.235. The van der Waals surface area contributed by atoms with Gasteiger partial charge in [-0.05, 0) is 36.2 Å². The van der Waals surface area contributed by atoms with Crippen LogP contribution in [0.2, 0.25) is 0 Å².